The van der Waals surface area contributed by atoms with Gasteiger partial charge in [-0.3, -0.25) is 0 Å². The standard InChI is InChI=1S/C16H21N2P/c1-16(7-8-18(2)11-16)13-9-17-14-6-4-5-12(10-19-3)15(13)14/h4-6,9,17H,3,7-8,10-11H2,1-2H3. The highest BCUT2D eigenvalue weighted by Crippen LogP contribution is 2.39. The van der Waals surface area contributed by atoms with Crippen molar-refractivity contribution in [2.24, 2.45) is 0 Å². The molecule has 1 unspecified atom stereocenters. The van der Waals surface area contributed by atoms with E-state index in [1.807, 2.05) is 0 Å². The van der Waals surface area contributed by atoms with Crippen molar-refractivity contribution in [2.45, 2.75) is 24.9 Å². The quantitative estimate of drug-likeness (QED) is 0.845. The molecule has 0 bridgehead atoms. The van der Waals surface area contributed by atoms with Crippen LogP contribution in [0.25, 0.3) is 10.9 Å². The zero-order chi connectivity index (χ0) is 13.5. The van der Waals surface area contributed by atoms with Crippen molar-refractivity contribution >= 4 is 25.4 Å². The zero-order valence-electron chi connectivity index (χ0n) is 11.7. The van der Waals surface area contributed by atoms with Crippen LogP contribution in [0.1, 0.15) is 24.5 Å². The van der Waals surface area contributed by atoms with Crippen LogP contribution < -0.4 is 0 Å². The summed E-state index contributed by atoms with van der Waals surface area (Å²) in [5.74, 6) is 0. The minimum atomic E-state index is 0.279. The monoisotopic (exact) mass is 272 g/mol. The van der Waals surface area contributed by atoms with Crippen LogP contribution in [0.2, 0.25) is 0 Å². The Morgan fingerprint density at radius 2 is 2.32 bits per heavy atom. The van der Waals surface area contributed by atoms with Crippen LogP contribution in [0.4, 0.5) is 0 Å². The smallest absolute Gasteiger partial charge is 0.0460 e. The number of H-pyrrole nitrogens is 1. The molecule has 19 heavy (non-hydrogen) atoms. The molecule has 1 atom stereocenters. The molecule has 0 radical (unpaired) electrons. The third kappa shape index (κ3) is 2.13. The van der Waals surface area contributed by atoms with E-state index < -0.39 is 0 Å². The first-order valence-corrected chi connectivity index (χ1v) is 8.11. The van der Waals surface area contributed by atoms with Crippen molar-refractivity contribution in [3.8, 4) is 0 Å². The Balaban J connectivity index is 2.16. The molecular formula is C16H21N2P. The predicted molar refractivity (Wildman–Crippen MR) is 85.5 cm³/mol. The van der Waals surface area contributed by atoms with Gasteiger partial charge in [-0.25, -0.2) is 0 Å². The summed E-state index contributed by atoms with van der Waals surface area (Å²) in [6.45, 7) is 4.74. The fourth-order valence-corrected chi connectivity index (χ4v) is 3.90. The van der Waals surface area contributed by atoms with Gasteiger partial charge in [0.05, 0.1) is 0 Å². The van der Waals surface area contributed by atoms with Gasteiger partial charge in [-0.05, 0) is 37.2 Å². The van der Waals surface area contributed by atoms with Gasteiger partial charge in [0.15, 0.2) is 0 Å². The lowest BCUT2D eigenvalue weighted by Gasteiger charge is -2.24. The Bertz CT molecular complexity index is 616. The number of nitrogens with one attached hydrogen (secondary N) is 1. The van der Waals surface area contributed by atoms with Crippen LogP contribution in [0, 0.1) is 0 Å². The van der Waals surface area contributed by atoms with E-state index in [0.717, 1.165) is 12.7 Å². The van der Waals surface area contributed by atoms with Gasteiger partial charge in [0, 0.05) is 35.2 Å². The molecule has 0 amide bonds. The molecular weight excluding hydrogens is 251 g/mol. The summed E-state index contributed by atoms with van der Waals surface area (Å²) in [5.41, 5.74) is 4.47. The number of hydrogen-bond donors (Lipinski definition) is 1. The summed E-state index contributed by atoms with van der Waals surface area (Å²) in [7, 11) is 3.41. The molecule has 100 valence electrons. The summed E-state index contributed by atoms with van der Waals surface area (Å²) in [6, 6.07) is 6.58. The first-order valence-electron chi connectivity index (χ1n) is 6.84. The highest BCUT2D eigenvalue weighted by atomic mass is 31.1. The lowest BCUT2D eigenvalue weighted by atomic mass is 9.81. The topological polar surface area (TPSA) is 19.0 Å². The lowest BCUT2D eigenvalue weighted by Crippen LogP contribution is -2.25. The van der Waals surface area contributed by atoms with Gasteiger partial charge in [-0.2, -0.15) is 0 Å². The van der Waals surface area contributed by atoms with Gasteiger partial charge in [0.25, 0.3) is 0 Å². The molecule has 2 heterocycles. The number of rotatable bonds is 3. The highest BCUT2D eigenvalue weighted by molar-refractivity contribution is 7.35. The third-order valence-electron chi connectivity index (χ3n) is 4.39. The number of nitrogens with zero attached hydrogens (tertiary/aromatic N) is 1. The van der Waals surface area contributed by atoms with E-state index >= 15 is 0 Å². The lowest BCUT2D eigenvalue weighted by molar-refractivity contribution is 0.382. The Morgan fingerprint density at radius 1 is 1.47 bits per heavy atom. The van der Waals surface area contributed by atoms with E-state index in [9.17, 15) is 0 Å². The third-order valence-corrected chi connectivity index (χ3v) is 4.95. The van der Waals surface area contributed by atoms with E-state index in [2.05, 4.69) is 54.6 Å². The molecule has 1 saturated heterocycles. The van der Waals surface area contributed by atoms with Crippen LogP contribution in [-0.4, -0.2) is 36.3 Å². The van der Waals surface area contributed by atoms with E-state index in [1.54, 1.807) is 0 Å². The van der Waals surface area contributed by atoms with Gasteiger partial charge in [-0.1, -0.05) is 25.4 Å². The maximum atomic E-state index is 3.98. The normalized spacial score (nSPS) is 24.5. The van der Waals surface area contributed by atoms with Crippen molar-refractivity contribution in [2.75, 3.05) is 20.1 Å². The molecule has 1 fully saturated rings. The van der Waals surface area contributed by atoms with Crippen molar-refractivity contribution in [1.82, 2.24) is 9.88 Å². The summed E-state index contributed by atoms with van der Waals surface area (Å²) < 4.78 is 0. The van der Waals surface area contributed by atoms with Crippen molar-refractivity contribution < 1.29 is 0 Å². The number of likely N-dealkylation sites (tertiary alicyclic amines) is 1. The molecule has 3 heteroatoms. The largest absolute Gasteiger partial charge is 0.361 e. The predicted octanol–water partition coefficient (Wildman–Crippen LogP) is 3.64. The molecule has 3 rings (SSSR count). The van der Waals surface area contributed by atoms with Crippen LogP contribution in [0.15, 0.2) is 24.4 Å². The van der Waals surface area contributed by atoms with Crippen LogP contribution in [0.5, 0.6) is 0 Å². The Labute approximate surface area is 116 Å². The van der Waals surface area contributed by atoms with Crippen LogP contribution in [0.3, 0.4) is 0 Å². The van der Waals surface area contributed by atoms with Gasteiger partial charge in [0.1, 0.15) is 0 Å². The zero-order valence-corrected chi connectivity index (χ0v) is 12.6. The van der Waals surface area contributed by atoms with Gasteiger partial charge < -0.3 is 9.88 Å². The summed E-state index contributed by atoms with van der Waals surface area (Å²) >= 11 is 0. The molecule has 0 aliphatic carbocycles. The average Bonchev–Trinajstić information content (AvgIpc) is 2.95. The van der Waals surface area contributed by atoms with Crippen molar-refractivity contribution in [3.05, 3.63) is 35.5 Å². The number of aromatic amines is 1. The first-order chi connectivity index (χ1) is 9.14. The molecule has 2 aromatic rings. The van der Waals surface area contributed by atoms with Gasteiger partial charge in [-0.15, -0.1) is 8.20 Å². The molecule has 1 aromatic carbocycles. The number of aromatic nitrogens is 1. The number of hydrogen-bond acceptors (Lipinski definition) is 1. The average molecular weight is 272 g/mol. The van der Waals surface area contributed by atoms with Crippen molar-refractivity contribution in [1.29, 1.82) is 0 Å². The second-order valence-corrected chi connectivity index (χ2v) is 6.74. The van der Waals surface area contributed by atoms with Gasteiger partial charge in [0.2, 0.25) is 0 Å². The van der Waals surface area contributed by atoms with E-state index in [4.69, 9.17) is 0 Å². The Morgan fingerprint density at radius 3 is 3.00 bits per heavy atom. The maximum absolute atomic E-state index is 3.98. The van der Waals surface area contributed by atoms with E-state index in [0.29, 0.717) is 0 Å². The number of fused-ring (bicyclic) bond motifs is 1. The summed E-state index contributed by atoms with van der Waals surface area (Å²) in [6.07, 6.45) is 8.49. The second-order valence-electron chi connectivity index (χ2n) is 5.97. The van der Waals surface area contributed by atoms with Gasteiger partial charge >= 0.3 is 0 Å². The number of benzene rings is 1. The SMILES string of the molecule is C=PCc1cccc2[nH]cc(C3(C)CCN(C)C3)c12. The molecule has 1 aliphatic heterocycles. The van der Waals surface area contributed by atoms with Crippen LogP contribution in [-0.2, 0) is 11.6 Å². The summed E-state index contributed by atoms with van der Waals surface area (Å²) in [4.78, 5) is 5.89. The maximum Gasteiger partial charge on any atom is 0.0460 e. The molecule has 0 spiro atoms. The Kier molecular flexibility index (Phi) is 3.24. The first kappa shape index (κ1) is 12.9. The molecule has 0 saturated carbocycles. The van der Waals surface area contributed by atoms with Crippen molar-refractivity contribution in [3.63, 3.8) is 0 Å². The number of likely N-dealkylation sites (N-methyl/N-ethyl adjacent to an activating group) is 1. The fourth-order valence-electron chi connectivity index (χ4n) is 3.40. The molecule has 1 N–H and O–H groups in total. The van der Waals surface area contributed by atoms with Crippen LogP contribution >= 0.6 is 8.20 Å². The molecule has 1 aliphatic rings. The minimum absolute atomic E-state index is 0.279. The van der Waals surface area contributed by atoms with E-state index in [1.165, 1.54) is 43.2 Å². The Hall–Kier alpha value is -1.11. The fraction of sp³-hybridized carbons (Fsp3) is 0.438. The highest BCUT2D eigenvalue weighted by Gasteiger charge is 2.35. The second kappa shape index (κ2) is 4.77. The summed E-state index contributed by atoms with van der Waals surface area (Å²) in [5, 5.41) is 1.44. The molecule has 2 nitrogen and oxygen atoms in total. The molecule has 1 aromatic heterocycles. The minimum Gasteiger partial charge on any atom is -0.361 e. The van der Waals surface area contributed by atoms with E-state index in [-0.39, 0.29) is 5.41 Å².